The van der Waals surface area contributed by atoms with Crippen LogP contribution >= 0.6 is 0 Å². The molecule has 0 radical (unpaired) electrons. The van der Waals surface area contributed by atoms with Gasteiger partial charge in [-0.3, -0.25) is 0 Å². The molecule has 0 amide bonds. The third kappa shape index (κ3) is 3.22. The topological polar surface area (TPSA) is 47.9 Å². The monoisotopic (exact) mass is 252 g/mol. The molecule has 1 aliphatic rings. The molecule has 0 spiro atoms. The number of aliphatic hydroxyl groups excluding tert-OH is 1. The lowest BCUT2D eigenvalue weighted by atomic mass is 10.1. The van der Waals surface area contributed by atoms with Crippen molar-refractivity contribution in [1.82, 2.24) is 0 Å². The maximum Gasteiger partial charge on any atom is 0.124 e. The molecule has 100 valence electrons. The molecule has 0 saturated carbocycles. The molecule has 1 N–H and O–H groups in total. The van der Waals surface area contributed by atoms with E-state index in [-0.39, 0.29) is 18.8 Å². The molecule has 1 heterocycles. The molecule has 0 aliphatic carbocycles. The van der Waals surface area contributed by atoms with E-state index >= 15 is 0 Å². The Morgan fingerprint density at radius 3 is 2.72 bits per heavy atom. The minimum atomic E-state index is -0.329. The standard InChI is InChI=1S/C14H20O4/c1-16-13-5-3-2-4-12(13)14(10-15)18-11-6-8-17-9-7-11/h2-5,11,14-15H,6-10H2,1H3/t14-/m1/s1. The number of benzene rings is 1. The molecule has 18 heavy (non-hydrogen) atoms. The number of hydrogen-bond acceptors (Lipinski definition) is 4. The summed E-state index contributed by atoms with van der Waals surface area (Å²) in [4.78, 5) is 0. The van der Waals surface area contributed by atoms with Gasteiger partial charge < -0.3 is 19.3 Å². The van der Waals surface area contributed by atoms with E-state index in [9.17, 15) is 5.11 Å². The Morgan fingerprint density at radius 2 is 2.06 bits per heavy atom. The van der Waals surface area contributed by atoms with Crippen LogP contribution in [0, 0.1) is 0 Å². The fraction of sp³-hybridized carbons (Fsp3) is 0.571. The zero-order valence-corrected chi connectivity index (χ0v) is 10.7. The molecule has 0 bridgehead atoms. The highest BCUT2D eigenvalue weighted by atomic mass is 16.5. The molecule has 0 unspecified atom stereocenters. The molecular weight excluding hydrogens is 232 g/mol. The van der Waals surface area contributed by atoms with Crippen molar-refractivity contribution in [3.8, 4) is 5.75 Å². The number of para-hydroxylation sites is 1. The summed E-state index contributed by atoms with van der Waals surface area (Å²) in [5.41, 5.74) is 0.897. The highest BCUT2D eigenvalue weighted by Gasteiger charge is 2.22. The molecule has 1 aromatic rings. The van der Waals surface area contributed by atoms with Gasteiger partial charge in [-0.25, -0.2) is 0 Å². The van der Waals surface area contributed by atoms with Crippen LogP contribution in [0.2, 0.25) is 0 Å². The first kappa shape index (κ1) is 13.3. The van der Waals surface area contributed by atoms with E-state index in [0.717, 1.165) is 37.4 Å². The Bertz CT molecular complexity index is 361. The van der Waals surface area contributed by atoms with Gasteiger partial charge >= 0.3 is 0 Å². The third-order valence-corrected chi connectivity index (χ3v) is 3.18. The van der Waals surface area contributed by atoms with E-state index in [1.54, 1.807) is 7.11 Å². The Hall–Kier alpha value is -1.10. The van der Waals surface area contributed by atoms with E-state index in [1.165, 1.54) is 0 Å². The lowest BCUT2D eigenvalue weighted by molar-refractivity contribution is -0.0853. The fourth-order valence-corrected chi connectivity index (χ4v) is 2.19. The Kier molecular flexibility index (Phi) is 4.99. The number of hydrogen-bond donors (Lipinski definition) is 1. The predicted molar refractivity (Wildman–Crippen MR) is 67.7 cm³/mol. The molecule has 0 aromatic heterocycles. The van der Waals surface area contributed by atoms with Crippen molar-refractivity contribution in [1.29, 1.82) is 0 Å². The summed E-state index contributed by atoms with van der Waals surface area (Å²) in [5.74, 6) is 0.753. The highest BCUT2D eigenvalue weighted by Crippen LogP contribution is 2.29. The van der Waals surface area contributed by atoms with Crippen LogP contribution in [-0.2, 0) is 9.47 Å². The highest BCUT2D eigenvalue weighted by molar-refractivity contribution is 5.35. The van der Waals surface area contributed by atoms with Gasteiger partial charge in [0, 0.05) is 18.8 Å². The van der Waals surface area contributed by atoms with Crippen molar-refractivity contribution < 1.29 is 19.3 Å². The van der Waals surface area contributed by atoms with E-state index in [1.807, 2.05) is 24.3 Å². The molecule has 1 atom stereocenters. The molecule has 4 heteroatoms. The Balaban J connectivity index is 2.07. The van der Waals surface area contributed by atoms with Crippen molar-refractivity contribution in [3.63, 3.8) is 0 Å². The van der Waals surface area contributed by atoms with Crippen LogP contribution < -0.4 is 4.74 Å². The minimum Gasteiger partial charge on any atom is -0.496 e. The van der Waals surface area contributed by atoms with Gasteiger partial charge in [0.1, 0.15) is 11.9 Å². The van der Waals surface area contributed by atoms with E-state index in [0.29, 0.717) is 0 Å². The van der Waals surface area contributed by atoms with Crippen molar-refractivity contribution in [2.75, 3.05) is 26.9 Å². The summed E-state index contributed by atoms with van der Waals surface area (Å²) < 4.78 is 16.6. The molecule has 1 aromatic carbocycles. The second-order valence-corrected chi connectivity index (χ2v) is 4.36. The average molecular weight is 252 g/mol. The summed E-state index contributed by atoms with van der Waals surface area (Å²) in [6, 6.07) is 7.64. The van der Waals surface area contributed by atoms with Crippen molar-refractivity contribution in [2.24, 2.45) is 0 Å². The summed E-state index contributed by atoms with van der Waals surface area (Å²) >= 11 is 0. The van der Waals surface area contributed by atoms with Gasteiger partial charge in [0.2, 0.25) is 0 Å². The largest absolute Gasteiger partial charge is 0.496 e. The molecule has 4 nitrogen and oxygen atoms in total. The third-order valence-electron chi connectivity index (χ3n) is 3.18. The summed E-state index contributed by atoms with van der Waals surface area (Å²) in [6.45, 7) is 1.42. The second-order valence-electron chi connectivity index (χ2n) is 4.36. The molecule has 1 aliphatic heterocycles. The van der Waals surface area contributed by atoms with Gasteiger partial charge in [-0.15, -0.1) is 0 Å². The minimum absolute atomic E-state index is 0.0439. The first-order valence-electron chi connectivity index (χ1n) is 6.32. The first-order valence-corrected chi connectivity index (χ1v) is 6.32. The fourth-order valence-electron chi connectivity index (χ4n) is 2.19. The second kappa shape index (κ2) is 6.73. The maximum atomic E-state index is 9.52. The van der Waals surface area contributed by atoms with Crippen LogP contribution in [-0.4, -0.2) is 38.1 Å². The van der Waals surface area contributed by atoms with Crippen LogP contribution in [0.5, 0.6) is 5.75 Å². The summed E-state index contributed by atoms with van der Waals surface area (Å²) in [6.07, 6.45) is 1.59. The lowest BCUT2D eigenvalue weighted by Crippen LogP contribution is -2.26. The summed E-state index contributed by atoms with van der Waals surface area (Å²) in [5, 5.41) is 9.52. The molecule has 1 fully saturated rings. The number of methoxy groups -OCH3 is 1. The maximum absolute atomic E-state index is 9.52. The lowest BCUT2D eigenvalue weighted by Gasteiger charge is -2.27. The Morgan fingerprint density at radius 1 is 1.33 bits per heavy atom. The van der Waals surface area contributed by atoms with Crippen LogP contribution in [0.15, 0.2) is 24.3 Å². The van der Waals surface area contributed by atoms with Crippen molar-refractivity contribution in [2.45, 2.75) is 25.0 Å². The van der Waals surface area contributed by atoms with Gasteiger partial charge in [0.25, 0.3) is 0 Å². The quantitative estimate of drug-likeness (QED) is 0.869. The van der Waals surface area contributed by atoms with Crippen LogP contribution in [0.1, 0.15) is 24.5 Å². The molecular formula is C14H20O4. The first-order chi connectivity index (χ1) is 8.85. The number of ether oxygens (including phenoxy) is 3. The zero-order chi connectivity index (χ0) is 12.8. The predicted octanol–water partition coefficient (Wildman–Crippen LogP) is 1.92. The van der Waals surface area contributed by atoms with Crippen molar-refractivity contribution in [3.05, 3.63) is 29.8 Å². The number of rotatable bonds is 5. The summed E-state index contributed by atoms with van der Waals surface area (Å²) in [7, 11) is 1.63. The van der Waals surface area contributed by atoms with Gasteiger partial charge in [-0.05, 0) is 18.9 Å². The normalized spacial score (nSPS) is 18.6. The average Bonchev–Trinajstić information content (AvgIpc) is 2.46. The SMILES string of the molecule is COc1ccccc1[C@@H](CO)OC1CCOCC1. The van der Waals surface area contributed by atoms with Gasteiger partial charge in [-0.2, -0.15) is 0 Å². The van der Waals surface area contributed by atoms with Gasteiger partial charge in [-0.1, -0.05) is 18.2 Å². The van der Waals surface area contributed by atoms with Crippen LogP contribution in [0.3, 0.4) is 0 Å². The van der Waals surface area contributed by atoms with E-state index < -0.39 is 0 Å². The van der Waals surface area contributed by atoms with Gasteiger partial charge in [0.15, 0.2) is 0 Å². The van der Waals surface area contributed by atoms with Crippen LogP contribution in [0.4, 0.5) is 0 Å². The van der Waals surface area contributed by atoms with E-state index in [2.05, 4.69) is 0 Å². The molecule has 2 rings (SSSR count). The van der Waals surface area contributed by atoms with Gasteiger partial charge in [0.05, 0.1) is 19.8 Å². The molecule has 1 saturated heterocycles. The zero-order valence-electron chi connectivity index (χ0n) is 10.7. The Labute approximate surface area is 107 Å². The smallest absolute Gasteiger partial charge is 0.124 e. The van der Waals surface area contributed by atoms with Crippen LogP contribution in [0.25, 0.3) is 0 Å². The number of aliphatic hydroxyl groups is 1. The van der Waals surface area contributed by atoms with E-state index in [4.69, 9.17) is 14.2 Å². The van der Waals surface area contributed by atoms with Crippen molar-refractivity contribution >= 4 is 0 Å².